The molecular weight excluding hydrogens is 177 g/mol. The Labute approximate surface area is 68.4 Å². The maximum atomic E-state index is 5.58. The first-order valence-electron chi connectivity index (χ1n) is 2.21. The largest absolute Gasteiger partial charge is 0.228 e. The maximum Gasteiger partial charge on any atom is 0.130 e. The molecule has 0 saturated heterocycles. The molecule has 0 saturated carbocycles. The second kappa shape index (κ2) is 2.78. The average Bonchev–Trinajstić information content (AvgIpc) is 1.80. The minimum Gasteiger partial charge on any atom is -0.228 e. The number of pyridine rings is 1. The van der Waals surface area contributed by atoms with Crippen LogP contribution >= 0.6 is 35.8 Å². The number of rotatable bonds is 0. The fourth-order valence-electron chi connectivity index (χ4n) is 0.408. The summed E-state index contributed by atoms with van der Waals surface area (Å²) in [4.78, 5) is 3.77. The number of nitrogens with zero attached hydrogens (tertiary/aromatic N) is 1. The highest BCUT2D eigenvalue weighted by molar-refractivity contribution is 7.80. The van der Waals surface area contributed by atoms with E-state index in [9.17, 15) is 0 Å². The van der Waals surface area contributed by atoms with Gasteiger partial charge in [-0.2, -0.15) is 0 Å². The standard InChI is InChI=1S/C5H3Cl2NS/c6-3-1-2-4(7)8-5(3)9/h1-2H,(H,8,9). The lowest BCUT2D eigenvalue weighted by molar-refractivity contribution is 1.14. The smallest absolute Gasteiger partial charge is 0.130 e. The Bertz CT molecular complexity index is 226. The molecule has 4 heteroatoms. The van der Waals surface area contributed by atoms with Crippen LogP contribution in [0.5, 0.6) is 0 Å². The molecule has 0 aliphatic carbocycles. The molecule has 0 spiro atoms. The Hall–Kier alpha value is 0.0800. The van der Waals surface area contributed by atoms with E-state index >= 15 is 0 Å². The van der Waals surface area contributed by atoms with Gasteiger partial charge in [0, 0.05) is 0 Å². The summed E-state index contributed by atoms with van der Waals surface area (Å²) in [5.74, 6) is 0. The first-order valence-corrected chi connectivity index (χ1v) is 3.41. The van der Waals surface area contributed by atoms with E-state index < -0.39 is 0 Å². The van der Waals surface area contributed by atoms with Crippen LogP contribution in [0.4, 0.5) is 0 Å². The SMILES string of the molecule is Sc1nc(Cl)ccc1Cl. The van der Waals surface area contributed by atoms with Gasteiger partial charge in [-0.15, -0.1) is 12.6 Å². The van der Waals surface area contributed by atoms with Crippen molar-refractivity contribution in [3.8, 4) is 0 Å². The van der Waals surface area contributed by atoms with Gasteiger partial charge in [0.15, 0.2) is 0 Å². The quantitative estimate of drug-likeness (QED) is 0.478. The Morgan fingerprint density at radius 1 is 1.33 bits per heavy atom. The zero-order chi connectivity index (χ0) is 6.85. The van der Waals surface area contributed by atoms with Crippen molar-refractivity contribution < 1.29 is 0 Å². The Morgan fingerprint density at radius 2 is 2.00 bits per heavy atom. The van der Waals surface area contributed by atoms with Crippen molar-refractivity contribution in [3.05, 3.63) is 22.3 Å². The molecule has 1 rings (SSSR count). The van der Waals surface area contributed by atoms with Crippen LogP contribution in [0.1, 0.15) is 0 Å². The number of halogens is 2. The van der Waals surface area contributed by atoms with E-state index in [4.69, 9.17) is 23.2 Å². The highest BCUT2D eigenvalue weighted by Gasteiger charge is 1.95. The van der Waals surface area contributed by atoms with Gasteiger partial charge in [0.25, 0.3) is 0 Å². The second-order valence-electron chi connectivity index (χ2n) is 1.44. The van der Waals surface area contributed by atoms with Crippen molar-refractivity contribution in [2.45, 2.75) is 5.03 Å². The molecule has 0 fully saturated rings. The van der Waals surface area contributed by atoms with Gasteiger partial charge >= 0.3 is 0 Å². The summed E-state index contributed by atoms with van der Waals surface area (Å²) < 4.78 is 0. The van der Waals surface area contributed by atoms with Gasteiger partial charge in [-0.05, 0) is 12.1 Å². The van der Waals surface area contributed by atoms with Gasteiger partial charge in [0.05, 0.1) is 5.02 Å². The first kappa shape index (κ1) is 7.19. The zero-order valence-corrected chi connectivity index (χ0v) is 6.71. The predicted molar refractivity (Wildman–Crippen MR) is 41.5 cm³/mol. The van der Waals surface area contributed by atoms with E-state index in [1.807, 2.05) is 0 Å². The molecule has 0 aliphatic heterocycles. The van der Waals surface area contributed by atoms with E-state index in [0.29, 0.717) is 15.2 Å². The van der Waals surface area contributed by atoms with Gasteiger partial charge in [0.2, 0.25) is 0 Å². The highest BCUT2D eigenvalue weighted by Crippen LogP contribution is 2.18. The molecule has 9 heavy (non-hydrogen) atoms. The van der Waals surface area contributed by atoms with Crippen LogP contribution in [-0.4, -0.2) is 4.98 Å². The van der Waals surface area contributed by atoms with Crippen LogP contribution in [0.25, 0.3) is 0 Å². The number of hydrogen-bond donors (Lipinski definition) is 1. The minimum absolute atomic E-state index is 0.407. The fourth-order valence-corrected chi connectivity index (χ4v) is 0.902. The molecule has 0 atom stereocenters. The lowest BCUT2D eigenvalue weighted by Gasteiger charge is -1.92. The van der Waals surface area contributed by atoms with Gasteiger partial charge in [0.1, 0.15) is 10.2 Å². The van der Waals surface area contributed by atoms with Crippen LogP contribution in [0.15, 0.2) is 17.2 Å². The van der Waals surface area contributed by atoms with Crippen molar-refractivity contribution in [1.29, 1.82) is 0 Å². The predicted octanol–water partition coefficient (Wildman–Crippen LogP) is 2.68. The van der Waals surface area contributed by atoms with Crippen molar-refractivity contribution in [1.82, 2.24) is 4.98 Å². The summed E-state index contributed by atoms with van der Waals surface area (Å²) in [7, 11) is 0. The Balaban J connectivity index is 3.17. The summed E-state index contributed by atoms with van der Waals surface area (Å²) in [6.07, 6.45) is 0. The van der Waals surface area contributed by atoms with E-state index in [1.54, 1.807) is 12.1 Å². The Kier molecular flexibility index (Phi) is 2.22. The Morgan fingerprint density at radius 3 is 2.44 bits per heavy atom. The highest BCUT2D eigenvalue weighted by atomic mass is 35.5. The lowest BCUT2D eigenvalue weighted by Crippen LogP contribution is -1.76. The topological polar surface area (TPSA) is 12.9 Å². The second-order valence-corrected chi connectivity index (χ2v) is 2.66. The van der Waals surface area contributed by atoms with Crippen molar-refractivity contribution in [2.75, 3.05) is 0 Å². The van der Waals surface area contributed by atoms with Crippen LogP contribution < -0.4 is 0 Å². The summed E-state index contributed by atoms with van der Waals surface area (Å²) in [5, 5.41) is 1.39. The summed E-state index contributed by atoms with van der Waals surface area (Å²) in [6, 6.07) is 3.27. The van der Waals surface area contributed by atoms with Crippen LogP contribution in [0, 0.1) is 0 Å². The molecule has 0 amide bonds. The molecule has 48 valence electrons. The van der Waals surface area contributed by atoms with E-state index in [2.05, 4.69) is 17.6 Å². The molecule has 1 heterocycles. The average molecular weight is 180 g/mol. The van der Waals surface area contributed by atoms with Crippen molar-refractivity contribution in [3.63, 3.8) is 0 Å². The van der Waals surface area contributed by atoms with E-state index in [0.717, 1.165) is 0 Å². The molecule has 0 N–H and O–H groups in total. The normalized spacial score (nSPS) is 9.67. The number of aromatic nitrogens is 1. The molecular formula is C5H3Cl2NS. The molecule has 0 unspecified atom stereocenters. The van der Waals surface area contributed by atoms with Crippen LogP contribution in [0.2, 0.25) is 10.2 Å². The zero-order valence-electron chi connectivity index (χ0n) is 4.31. The van der Waals surface area contributed by atoms with Gasteiger partial charge in [-0.1, -0.05) is 23.2 Å². The molecule has 0 aromatic carbocycles. The molecule has 1 nitrogen and oxygen atoms in total. The van der Waals surface area contributed by atoms with Gasteiger partial charge in [-0.3, -0.25) is 0 Å². The molecule has 0 bridgehead atoms. The van der Waals surface area contributed by atoms with Gasteiger partial charge in [-0.25, -0.2) is 4.98 Å². The summed E-state index contributed by atoms with van der Waals surface area (Å²) >= 11 is 15.0. The van der Waals surface area contributed by atoms with E-state index in [-0.39, 0.29) is 0 Å². The lowest BCUT2D eigenvalue weighted by atomic mass is 10.5. The summed E-state index contributed by atoms with van der Waals surface area (Å²) in [5.41, 5.74) is 0. The van der Waals surface area contributed by atoms with Gasteiger partial charge < -0.3 is 0 Å². The van der Waals surface area contributed by atoms with Crippen LogP contribution in [0.3, 0.4) is 0 Å². The van der Waals surface area contributed by atoms with E-state index in [1.165, 1.54) is 0 Å². The third-order valence-corrected chi connectivity index (χ3v) is 1.78. The maximum absolute atomic E-state index is 5.58. The van der Waals surface area contributed by atoms with Crippen molar-refractivity contribution in [2.24, 2.45) is 0 Å². The fraction of sp³-hybridized carbons (Fsp3) is 0. The van der Waals surface area contributed by atoms with Crippen LogP contribution in [-0.2, 0) is 0 Å². The molecule has 1 aromatic rings. The number of hydrogen-bond acceptors (Lipinski definition) is 2. The molecule has 0 aliphatic rings. The van der Waals surface area contributed by atoms with Crippen molar-refractivity contribution >= 4 is 35.8 Å². The third kappa shape index (κ3) is 1.75. The first-order chi connectivity index (χ1) is 4.20. The minimum atomic E-state index is 0.407. The monoisotopic (exact) mass is 179 g/mol. The summed E-state index contributed by atoms with van der Waals surface area (Å²) in [6.45, 7) is 0. The third-order valence-electron chi connectivity index (χ3n) is 0.794. The number of thiol groups is 1. The molecule has 0 radical (unpaired) electrons. The molecule has 1 aromatic heterocycles.